The Balaban J connectivity index is 1.99. The van der Waals surface area contributed by atoms with Crippen molar-refractivity contribution < 1.29 is 9.53 Å². The number of para-hydroxylation sites is 1. The fraction of sp³-hybridized carbons (Fsp3) is 0.500. The second kappa shape index (κ2) is 6.82. The third-order valence-corrected chi connectivity index (χ3v) is 4.41. The van der Waals surface area contributed by atoms with Gasteiger partial charge in [0.15, 0.2) is 6.61 Å². The van der Waals surface area contributed by atoms with Crippen LogP contribution in [0.25, 0.3) is 0 Å². The number of hydrogen-bond acceptors (Lipinski definition) is 3. The number of rotatable bonds is 4. The first-order valence-electron chi connectivity index (χ1n) is 7.14. The van der Waals surface area contributed by atoms with Gasteiger partial charge in [0.05, 0.1) is 11.1 Å². The number of carbonyl (C=O) groups is 1. The summed E-state index contributed by atoms with van der Waals surface area (Å²) < 4.78 is 5.47. The highest BCUT2D eigenvalue weighted by Crippen LogP contribution is 2.32. The fourth-order valence-corrected chi connectivity index (χ4v) is 2.89. The Morgan fingerprint density at radius 2 is 2.05 bits per heavy atom. The summed E-state index contributed by atoms with van der Waals surface area (Å²) >= 11 is 5.99. The number of ether oxygens (including phenoxy) is 1. The van der Waals surface area contributed by atoms with Crippen molar-refractivity contribution in [3.05, 3.63) is 29.3 Å². The van der Waals surface area contributed by atoms with Crippen LogP contribution < -0.4 is 4.74 Å². The van der Waals surface area contributed by atoms with Crippen molar-refractivity contribution in [3.63, 3.8) is 0 Å². The zero-order valence-corrected chi connectivity index (χ0v) is 12.9. The minimum atomic E-state index is -0.681. The molecule has 112 valence electrons. The van der Waals surface area contributed by atoms with Gasteiger partial charge in [0.1, 0.15) is 11.3 Å². The SMILES string of the molecule is CN(C(=O)COc1ccccc1Cl)C1(C#N)CCCCC1. The molecule has 4 nitrogen and oxygen atoms in total. The first-order valence-corrected chi connectivity index (χ1v) is 7.52. The predicted octanol–water partition coefficient (Wildman–Crippen LogP) is 3.40. The van der Waals surface area contributed by atoms with Crippen molar-refractivity contribution in [2.45, 2.75) is 37.6 Å². The Labute approximate surface area is 130 Å². The maximum Gasteiger partial charge on any atom is 0.261 e. The van der Waals surface area contributed by atoms with Crippen LogP contribution in [0.5, 0.6) is 5.75 Å². The highest BCUT2D eigenvalue weighted by Gasteiger charge is 2.38. The molecular weight excluding hydrogens is 288 g/mol. The van der Waals surface area contributed by atoms with Gasteiger partial charge in [0.2, 0.25) is 0 Å². The van der Waals surface area contributed by atoms with Gasteiger partial charge in [-0.1, -0.05) is 43.0 Å². The molecule has 0 aromatic heterocycles. The summed E-state index contributed by atoms with van der Waals surface area (Å²) in [4.78, 5) is 13.8. The van der Waals surface area contributed by atoms with Crippen LogP contribution in [0, 0.1) is 11.3 Å². The lowest BCUT2D eigenvalue weighted by atomic mass is 9.81. The van der Waals surface area contributed by atoms with E-state index in [1.54, 1.807) is 36.2 Å². The predicted molar refractivity (Wildman–Crippen MR) is 81.1 cm³/mol. The van der Waals surface area contributed by atoms with Crippen molar-refractivity contribution in [2.24, 2.45) is 0 Å². The van der Waals surface area contributed by atoms with E-state index in [1.807, 2.05) is 0 Å². The zero-order chi connectivity index (χ0) is 15.3. The van der Waals surface area contributed by atoms with Gasteiger partial charge in [-0.2, -0.15) is 5.26 Å². The first-order chi connectivity index (χ1) is 10.1. The summed E-state index contributed by atoms with van der Waals surface area (Å²) in [6.07, 6.45) is 4.56. The molecule has 1 aromatic rings. The van der Waals surface area contributed by atoms with Gasteiger partial charge in [-0.05, 0) is 25.0 Å². The van der Waals surface area contributed by atoms with E-state index in [0.717, 1.165) is 32.1 Å². The topological polar surface area (TPSA) is 53.3 Å². The summed E-state index contributed by atoms with van der Waals surface area (Å²) in [5.74, 6) is 0.286. The molecule has 1 aliphatic carbocycles. The molecule has 5 heteroatoms. The summed E-state index contributed by atoms with van der Waals surface area (Å²) in [5, 5.41) is 9.96. The third-order valence-electron chi connectivity index (χ3n) is 4.09. The van der Waals surface area contributed by atoms with E-state index in [1.165, 1.54) is 0 Å². The molecule has 0 radical (unpaired) electrons. The first kappa shape index (κ1) is 15.7. The number of likely N-dealkylation sites (N-methyl/N-ethyl adjacent to an activating group) is 1. The molecule has 1 saturated carbocycles. The fourth-order valence-electron chi connectivity index (χ4n) is 2.70. The van der Waals surface area contributed by atoms with Gasteiger partial charge in [-0.3, -0.25) is 4.79 Å². The number of nitriles is 1. The Morgan fingerprint density at radius 1 is 1.38 bits per heavy atom. The lowest BCUT2D eigenvalue weighted by molar-refractivity contribution is -0.137. The van der Waals surface area contributed by atoms with Crippen LogP contribution in [0.4, 0.5) is 0 Å². The maximum absolute atomic E-state index is 12.3. The quantitative estimate of drug-likeness (QED) is 0.856. The highest BCUT2D eigenvalue weighted by molar-refractivity contribution is 6.32. The molecule has 1 aliphatic rings. The molecule has 0 saturated heterocycles. The van der Waals surface area contributed by atoms with Crippen LogP contribution in [-0.4, -0.2) is 30.0 Å². The molecule has 0 N–H and O–H groups in total. The summed E-state index contributed by atoms with van der Waals surface area (Å²) in [6.45, 7) is -0.107. The molecule has 0 bridgehead atoms. The highest BCUT2D eigenvalue weighted by atomic mass is 35.5. The molecule has 1 aromatic carbocycles. The van der Waals surface area contributed by atoms with Crippen LogP contribution in [-0.2, 0) is 4.79 Å². The van der Waals surface area contributed by atoms with Crippen LogP contribution in [0.15, 0.2) is 24.3 Å². The van der Waals surface area contributed by atoms with Crippen LogP contribution in [0.1, 0.15) is 32.1 Å². The largest absolute Gasteiger partial charge is 0.482 e. The second-order valence-electron chi connectivity index (χ2n) is 5.38. The van der Waals surface area contributed by atoms with Crippen molar-refractivity contribution in [1.82, 2.24) is 4.90 Å². The van der Waals surface area contributed by atoms with Gasteiger partial charge in [-0.15, -0.1) is 0 Å². The number of amides is 1. The molecule has 21 heavy (non-hydrogen) atoms. The summed E-state index contributed by atoms with van der Waals surface area (Å²) in [6, 6.07) is 9.36. The molecule has 1 amide bonds. The Morgan fingerprint density at radius 3 is 2.67 bits per heavy atom. The van der Waals surface area contributed by atoms with E-state index >= 15 is 0 Å². The Bertz CT molecular complexity index is 547. The van der Waals surface area contributed by atoms with Gasteiger partial charge >= 0.3 is 0 Å². The average molecular weight is 307 g/mol. The van der Waals surface area contributed by atoms with Crippen molar-refractivity contribution in [3.8, 4) is 11.8 Å². The minimum absolute atomic E-state index is 0.107. The van der Waals surface area contributed by atoms with Gasteiger partial charge in [-0.25, -0.2) is 0 Å². The zero-order valence-electron chi connectivity index (χ0n) is 12.1. The van der Waals surface area contributed by atoms with E-state index in [0.29, 0.717) is 10.8 Å². The Kier molecular flexibility index (Phi) is 5.08. The molecule has 0 unspecified atom stereocenters. The van der Waals surface area contributed by atoms with Gasteiger partial charge in [0.25, 0.3) is 5.91 Å². The van der Waals surface area contributed by atoms with Crippen molar-refractivity contribution >= 4 is 17.5 Å². The van der Waals surface area contributed by atoms with E-state index in [-0.39, 0.29) is 12.5 Å². The van der Waals surface area contributed by atoms with Crippen molar-refractivity contribution in [2.75, 3.05) is 13.7 Å². The standard InChI is InChI=1S/C16H19ClN2O2/c1-19(16(12-18)9-5-2-6-10-16)15(20)11-21-14-8-4-3-7-13(14)17/h3-4,7-8H,2,5-6,9-11H2,1H3. The smallest absolute Gasteiger partial charge is 0.261 e. The van der Waals surface area contributed by atoms with Crippen LogP contribution >= 0.6 is 11.6 Å². The van der Waals surface area contributed by atoms with E-state index in [9.17, 15) is 10.1 Å². The summed E-state index contributed by atoms with van der Waals surface area (Å²) in [7, 11) is 1.69. The molecular formula is C16H19ClN2O2. The molecule has 0 atom stereocenters. The number of benzene rings is 1. The number of carbonyl (C=O) groups excluding carboxylic acids is 1. The lowest BCUT2D eigenvalue weighted by Gasteiger charge is -2.38. The molecule has 1 fully saturated rings. The normalized spacial score (nSPS) is 16.8. The van der Waals surface area contributed by atoms with E-state index < -0.39 is 5.54 Å². The molecule has 0 heterocycles. The third kappa shape index (κ3) is 3.48. The average Bonchev–Trinajstić information content (AvgIpc) is 2.53. The monoisotopic (exact) mass is 306 g/mol. The molecule has 0 spiro atoms. The van der Waals surface area contributed by atoms with E-state index in [2.05, 4.69) is 6.07 Å². The van der Waals surface area contributed by atoms with Crippen LogP contribution in [0.3, 0.4) is 0 Å². The number of nitrogens with zero attached hydrogens (tertiary/aromatic N) is 2. The lowest BCUT2D eigenvalue weighted by Crippen LogP contribution is -2.51. The van der Waals surface area contributed by atoms with Gasteiger partial charge in [0, 0.05) is 7.05 Å². The summed E-state index contributed by atoms with van der Waals surface area (Å²) in [5.41, 5.74) is -0.681. The van der Waals surface area contributed by atoms with Crippen molar-refractivity contribution in [1.29, 1.82) is 5.26 Å². The van der Waals surface area contributed by atoms with Crippen LogP contribution in [0.2, 0.25) is 5.02 Å². The molecule has 0 aliphatic heterocycles. The Hall–Kier alpha value is -1.73. The van der Waals surface area contributed by atoms with Gasteiger partial charge < -0.3 is 9.64 Å². The van der Waals surface area contributed by atoms with E-state index in [4.69, 9.17) is 16.3 Å². The number of halogens is 1. The number of hydrogen-bond donors (Lipinski definition) is 0. The maximum atomic E-state index is 12.3. The molecule has 2 rings (SSSR count). The second-order valence-corrected chi connectivity index (χ2v) is 5.78. The minimum Gasteiger partial charge on any atom is -0.482 e.